The summed E-state index contributed by atoms with van der Waals surface area (Å²) < 4.78 is 32.8. The van der Waals surface area contributed by atoms with Gasteiger partial charge < -0.3 is 9.64 Å². The lowest BCUT2D eigenvalue weighted by molar-refractivity contribution is 0.154. The van der Waals surface area contributed by atoms with Crippen molar-refractivity contribution < 1.29 is 13.5 Å². The van der Waals surface area contributed by atoms with Gasteiger partial charge in [-0.2, -0.15) is 5.10 Å². The third-order valence-electron chi connectivity index (χ3n) is 3.54. The van der Waals surface area contributed by atoms with Gasteiger partial charge in [-0.25, -0.2) is 18.3 Å². The Hall–Kier alpha value is -2.41. The lowest BCUT2D eigenvalue weighted by Gasteiger charge is -2.25. The van der Waals surface area contributed by atoms with Crippen LogP contribution in [0.4, 0.5) is 14.5 Å². The van der Waals surface area contributed by atoms with Gasteiger partial charge in [0, 0.05) is 25.0 Å². The van der Waals surface area contributed by atoms with Crippen molar-refractivity contribution in [3.05, 3.63) is 53.4 Å². The van der Waals surface area contributed by atoms with Crippen molar-refractivity contribution in [1.29, 1.82) is 0 Å². The molecular formula is C16H15ClF2N4O. The number of ether oxygens (including phenoxy) is 1. The van der Waals surface area contributed by atoms with Gasteiger partial charge >= 0.3 is 0 Å². The van der Waals surface area contributed by atoms with Crippen molar-refractivity contribution in [3.8, 4) is 5.75 Å². The molecule has 0 atom stereocenters. The van der Waals surface area contributed by atoms with Crippen LogP contribution < -0.4 is 9.64 Å². The van der Waals surface area contributed by atoms with Crippen LogP contribution in [-0.4, -0.2) is 34.7 Å². The highest BCUT2D eigenvalue weighted by Crippen LogP contribution is 2.26. The zero-order chi connectivity index (χ0) is 17.1. The summed E-state index contributed by atoms with van der Waals surface area (Å²) in [5.74, 6) is 0.710. The van der Waals surface area contributed by atoms with Crippen LogP contribution in [-0.2, 0) is 6.54 Å². The van der Waals surface area contributed by atoms with E-state index >= 15 is 0 Å². The Labute approximate surface area is 142 Å². The van der Waals surface area contributed by atoms with E-state index in [9.17, 15) is 8.78 Å². The minimum Gasteiger partial charge on any atom is -0.497 e. The number of rotatable bonds is 6. The van der Waals surface area contributed by atoms with Gasteiger partial charge in [0.15, 0.2) is 10.8 Å². The van der Waals surface area contributed by atoms with Crippen LogP contribution in [0.3, 0.4) is 0 Å². The summed E-state index contributed by atoms with van der Waals surface area (Å²) in [7, 11) is 1.58. The Morgan fingerprint density at radius 3 is 2.71 bits per heavy atom. The van der Waals surface area contributed by atoms with Gasteiger partial charge in [-0.15, -0.1) is 0 Å². The fourth-order valence-corrected chi connectivity index (χ4v) is 2.65. The minimum atomic E-state index is -2.50. The lowest BCUT2D eigenvalue weighted by Crippen LogP contribution is -2.29. The van der Waals surface area contributed by atoms with Gasteiger partial charge in [-0.3, -0.25) is 0 Å². The van der Waals surface area contributed by atoms with E-state index in [1.807, 2.05) is 12.1 Å². The van der Waals surface area contributed by atoms with Gasteiger partial charge in [0.1, 0.15) is 5.75 Å². The third-order valence-corrected chi connectivity index (χ3v) is 3.73. The van der Waals surface area contributed by atoms with Crippen LogP contribution in [0.1, 0.15) is 5.56 Å². The van der Waals surface area contributed by atoms with Crippen molar-refractivity contribution in [2.75, 3.05) is 18.6 Å². The number of aromatic nitrogens is 3. The van der Waals surface area contributed by atoms with E-state index in [1.54, 1.807) is 42.6 Å². The molecule has 3 aromatic rings. The number of hydrogen-bond donors (Lipinski definition) is 0. The average molecular weight is 353 g/mol. The fraction of sp³-hybridized carbons (Fsp3) is 0.250. The topological polar surface area (TPSA) is 42.7 Å². The molecule has 0 saturated heterocycles. The van der Waals surface area contributed by atoms with E-state index in [4.69, 9.17) is 16.3 Å². The molecule has 2 aromatic heterocycles. The molecule has 8 heteroatoms. The molecule has 3 rings (SSSR count). The van der Waals surface area contributed by atoms with E-state index < -0.39 is 13.0 Å². The first-order valence-electron chi connectivity index (χ1n) is 7.22. The predicted octanol–water partition coefficient (Wildman–Crippen LogP) is 3.66. The van der Waals surface area contributed by atoms with Gasteiger partial charge in [0.25, 0.3) is 6.43 Å². The zero-order valence-corrected chi connectivity index (χ0v) is 13.6. The molecule has 0 amide bonds. The maximum atomic E-state index is 13.1. The number of fused-ring (bicyclic) bond motifs is 1. The number of halogens is 3. The molecule has 0 bridgehead atoms. The molecule has 126 valence electrons. The molecule has 0 saturated carbocycles. The molecule has 0 N–H and O–H groups in total. The van der Waals surface area contributed by atoms with Gasteiger partial charge in [0.05, 0.1) is 19.3 Å². The smallest absolute Gasteiger partial charge is 0.255 e. The predicted molar refractivity (Wildman–Crippen MR) is 88.0 cm³/mol. The molecule has 0 radical (unpaired) electrons. The molecule has 0 fully saturated rings. The molecule has 2 heterocycles. The molecular weight excluding hydrogens is 338 g/mol. The van der Waals surface area contributed by atoms with Gasteiger partial charge in [-0.1, -0.05) is 23.7 Å². The van der Waals surface area contributed by atoms with Crippen molar-refractivity contribution in [2.24, 2.45) is 0 Å². The molecule has 0 aliphatic heterocycles. The van der Waals surface area contributed by atoms with Crippen LogP contribution in [0.5, 0.6) is 5.75 Å². The Morgan fingerprint density at radius 1 is 1.29 bits per heavy atom. The first kappa shape index (κ1) is 16.4. The zero-order valence-electron chi connectivity index (χ0n) is 12.9. The van der Waals surface area contributed by atoms with Crippen LogP contribution in [0.25, 0.3) is 5.65 Å². The highest BCUT2D eigenvalue weighted by molar-refractivity contribution is 6.29. The van der Waals surface area contributed by atoms with Crippen molar-refractivity contribution in [2.45, 2.75) is 13.0 Å². The molecule has 5 nitrogen and oxygen atoms in total. The van der Waals surface area contributed by atoms with Crippen LogP contribution in [0, 0.1) is 0 Å². The average Bonchev–Trinajstić information content (AvgIpc) is 3.02. The standard InChI is InChI=1S/C16H15ClF2N4O/c1-24-12-4-2-11(3-5-12)9-22(10-15(18)19)13-8-14(17)21-23-7-6-20-16(13)23/h2-8,15H,9-10H2,1H3. The summed E-state index contributed by atoms with van der Waals surface area (Å²) >= 11 is 6.01. The maximum Gasteiger partial charge on any atom is 0.255 e. The summed E-state index contributed by atoms with van der Waals surface area (Å²) in [5, 5.41) is 4.29. The quantitative estimate of drug-likeness (QED) is 0.679. The Balaban J connectivity index is 1.96. The maximum absolute atomic E-state index is 13.1. The second-order valence-corrected chi connectivity index (χ2v) is 5.55. The van der Waals surface area contributed by atoms with E-state index in [1.165, 1.54) is 4.52 Å². The summed E-state index contributed by atoms with van der Waals surface area (Å²) in [6, 6.07) is 8.81. The third kappa shape index (κ3) is 3.56. The SMILES string of the molecule is COc1ccc(CN(CC(F)F)c2cc(Cl)nn3ccnc23)cc1. The Morgan fingerprint density at radius 2 is 2.04 bits per heavy atom. The van der Waals surface area contributed by atoms with Gasteiger partial charge in [0.2, 0.25) is 0 Å². The second-order valence-electron chi connectivity index (χ2n) is 5.17. The summed E-state index contributed by atoms with van der Waals surface area (Å²) in [5.41, 5.74) is 1.86. The van der Waals surface area contributed by atoms with E-state index in [-0.39, 0.29) is 11.7 Å². The van der Waals surface area contributed by atoms with Crippen molar-refractivity contribution in [3.63, 3.8) is 0 Å². The second kappa shape index (κ2) is 7.00. The highest BCUT2D eigenvalue weighted by atomic mass is 35.5. The number of anilines is 1. The van der Waals surface area contributed by atoms with E-state index in [2.05, 4.69) is 10.1 Å². The van der Waals surface area contributed by atoms with E-state index in [0.29, 0.717) is 17.1 Å². The van der Waals surface area contributed by atoms with Crippen LogP contribution >= 0.6 is 11.6 Å². The molecule has 0 aliphatic carbocycles. The van der Waals surface area contributed by atoms with Crippen molar-refractivity contribution in [1.82, 2.24) is 14.6 Å². The number of imidazole rings is 1. The number of benzene rings is 1. The first-order chi connectivity index (χ1) is 11.6. The van der Waals surface area contributed by atoms with Crippen LogP contribution in [0.2, 0.25) is 5.15 Å². The van der Waals surface area contributed by atoms with Crippen molar-refractivity contribution >= 4 is 22.9 Å². The molecule has 1 aromatic carbocycles. The first-order valence-corrected chi connectivity index (χ1v) is 7.60. The molecule has 0 unspecified atom stereocenters. The lowest BCUT2D eigenvalue weighted by atomic mass is 10.2. The number of nitrogens with zero attached hydrogens (tertiary/aromatic N) is 4. The van der Waals surface area contributed by atoms with E-state index in [0.717, 1.165) is 5.56 Å². The van der Waals surface area contributed by atoms with Gasteiger partial charge in [-0.05, 0) is 17.7 Å². The number of methoxy groups -OCH3 is 1. The Bertz CT molecular complexity index is 823. The largest absolute Gasteiger partial charge is 0.497 e. The molecule has 0 aliphatic rings. The summed E-state index contributed by atoms with van der Waals surface area (Å²) in [4.78, 5) is 5.74. The molecule has 0 spiro atoms. The monoisotopic (exact) mass is 352 g/mol. The fourth-order valence-electron chi connectivity index (χ4n) is 2.47. The normalized spacial score (nSPS) is 11.2. The number of hydrogen-bond acceptors (Lipinski definition) is 4. The number of alkyl halides is 2. The minimum absolute atomic E-state index is 0.212. The highest BCUT2D eigenvalue weighted by Gasteiger charge is 2.18. The summed E-state index contributed by atoms with van der Waals surface area (Å²) in [6.45, 7) is -0.147. The van der Waals surface area contributed by atoms with Crippen LogP contribution in [0.15, 0.2) is 42.7 Å². The Kier molecular flexibility index (Phi) is 4.80. The summed E-state index contributed by atoms with van der Waals surface area (Å²) in [6.07, 6.45) is 0.680. The molecule has 24 heavy (non-hydrogen) atoms.